The molecule has 1 fully saturated rings. The number of H-pyrrole nitrogens is 1. The third kappa shape index (κ3) is 2.91. The second-order valence-corrected chi connectivity index (χ2v) is 6.43. The summed E-state index contributed by atoms with van der Waals surface area (Å²) in [5.74, 6) is 0.208. The van der Waals surface area contributed by atoms with E-state index in [4.69, 9.17) is 0 Å². The number of hydrogen-bond acceptors (Lipinski definition) is 3. The van der Waals surface area contributed by atoms with Crippen molar-refractivity contribution in [3.63, 3.8) is 0 Å². The zero-order valence-electron chi connectivity index (χ0n) is 14.0. The van der Waals surface area contributed by atoms with Gasteiger partial charge < -0.3 is 9.47 Å². The van der Waals surface area contributed by atoms with Gasteiger partial charge in [0.05, 0.1) is 11.7 Å². The molecule has 2 aromatic rings. The van der Waals surface area contributed by atoms with E-state index in [0.29, 0.717) is 24.3 Å². The second kappa shape index (κ2) is 6.47. The molecule has 3 heterocycles. The highest BCUT2D eigenvalue weighted by Crippen LogP contribution is 2.22. The Labute approximate surface area is 140 Å². The van der Waals surface area contributed by atoms with Crippen LogP contribution in [0.25, 0.3) is 6.08 Å². The molecule has 2 aromatic heterocycles. The molecule has 126 valence electrons. The SMILES string of the molecule is C=Cc1cccn(C2CCN(C(=O)c3cc(C(C)C)n[nH]3)C2)c1=O. The van der Waals surface area contributed by atoms with Crippen LogP contribution in [-0.4, -0.2) is 38.7 Å². The van der Waals surface area contributed by atoms with Crippen LogP contribution in [0.2, 0.25) is 0 Å². The van der Waals surface area contributed by atoms with Gasteiger partial charge in [-0.15, -0.1) is 0 Å². The Bertz CT molecular complexity index is 818. The van der Waals surface area contributed by atoms with Gasteiger partial charge in [0.15, 0.2) is 0 Å². The van der Waals surface area contributed by atoms with Gasteiger partial charge >= 0.3 is 0 Å². The minimum absolute atomic E-state index is 0.00570. The summed E-state index contributed by atoms with van der Waals surface area (Å²) in [5.41, 5.74) is 1.91. The minimum atomic E-state index is -0.0650. The highest BCUT2D eigenvalue weighted by molar-refractivity contribution is 5.92. The molecule has 0 aromatic carbocycles. The van der Waals surface area contributed by atoms with Crippen molar-refractivity contribution in [1.82, 2.24) is 19.7 Å². The largest absolute Gasteiger partial charge is 0.335 e. The topological polar surface area (TPSA) is 71.0 Å². The van der Waals surface area contributed by atoms with Crippen molar-refractivity contribution in [1.29, 1.82) is 0 Å². The van der Waals surface area contributed by atoms with Crippen molar-refractivity contribution in [2.45, 2.75) is 32.2 Å². The average Bonchev–Trinajstić information content (AvgIpc) is 3.24. The third-order valence-corrected chi connectivity index (χ3v) is 4.49. The number of aromatic amines is 1. The van der Waals surface area contributed by atoms with Crippen LogP contribution in [0.5, 0.6) is 0 Å². The van der Waals surface area contributed by atoms with Gasteiger partial charge in [0.25, 0.3) is 11.5 Å². The van der Waals surface area contributed by atoms with Gasteiger partial charge in [-0.25, -0.2) is 0 Å². The van der Waals surface area contributed by atoms with Crippen molar-refractivity contribution in [3.8, 4) is 0 Å². The van der Waals surface area contributed by atoms with Crippen LogP contribution in [0, 0.1) is 0 Å². The lowest BCUT2D eigenvalue weighted by molar-refractivity contribution is 0.0781. The summed E-state index contributed by atoms with van der Waals surface area (Å²) in [4.78, 5) is 26.8. The molecule has 1 atom stereocenters. The van der Waals surface area contributed by atoms with Crippen LogP contribution in [-0.2, 0) is 0 Å². The molecule has 3 rings (SSSR count). The van der Waals surface area contributed by atoms with Crippen molar-refractivity contribution >= 4 is 12.0 Å². The fourth-order valence-electron chi connectivity index (χ4n) is 3.04. The summed E-state index contributed by atoms with van der Waals surface area (Å²) < 4.78 is 1.71. The summed E-state index contributed by atoms with van der Waals surface area (Å²) >= 11 is 0. The predicted octanol–water partition coefficient (Wildman–Crippen LogP) is 2.42. The predicted molar refractivity (Wildman–Crippen MR) is 93.0 cm³/mol. The van der Waals surface area contributed by atoms with Gasteiger partial charge in [-0.2, -0.15) is 5.10 Å². The molecular weight excluding hydrogens is 304 g/mol. The molecule has 0 radical (unpaired) electrons. The van der Waals surface area contributed by atoms with E-state index in [-0.39, 0.29) is 23.4 Å². The molecule has 1 N–H and O–H groups in total. The maximum Gasteiger partial charge on any atom is 0.271 e. The van der Waals surface area contributed by atoms with E-state index in [1.165, 1.54) is 0 Å². The number of hydrogen-bond donors (Lipinski definition) is 1. The van der Waals surface area contributed by atoms with Crippen LogP contribution in [0.3, 0.4) is 0 Å². The smallest absolute Gasteiger partial charge is 0.271 e. The second-order valence-electron chi connectivity index (χ2n) is 6.43. The third-order valence-electron chi connectivity index (χ3n) is 4.49. The quantitative estimate of drug-likeness (QED) is 0.938. The Morgan fingerprint density at radius 3 is 2.96 bits per heavy atom. The first kappa shape index (κ1) is 16.2. The van der Waals surface area contributed by atoms with Crippen LogP contribution >= 0.6 is 0 Å². The number of amides is 1. The molecule has 1 unspecified atom stereocenters. The summed E-state index contributed by atoms with van der Waals surface area (Å²) in [6.07, 6.45) is 4.10. The van der Waals surface area contributed by atoms with Gasteiger partial charge in [-0.1, -0.05) is 26.5 Å². The number of pyridine rings is 1. The number of likely N-dealkylation sites (tertiary alicyclic amines) is 1. The normalized spacial score (nSPS) is 17.5. The summed E-state index contributed by atoms with van der Waals surface area (Å²) in [6.45, 7) is 8.90. The van der Waals surface area contributed by atoms with Crippen molar-refractivity contribution in [2.75, 3.05) is 13.1 Å². The Morgan fingerprint density at radius 1 is 1.50 bits per heavy atom. The van der Waals surface area contributed by atoms with E-state index < -0.39 is 0 Å². The van der Waals surface area contributed by atoms with Crippen LogP contribution in [0.15, 0.2) is 35.8 Å². The summed E-state index contributed by atoms with van der Waals surface area (Å²) in [6, 6.07) is 5.40. The average molecular weight is 326 g/mol. The molecule has 0 spiro atoms. The number of aromatic nitrogens is 3. The molecule has 0 aliphatic carbocycles. The minimum Gasteiger partial charge on any atom is -0.335 e. The fourth-order valence-corrected chi connectivity index (χ4v) is 3.04. The Morgan fingerprint density at radius 2 is 2.29 bits per heavy atom. The molecule has 6 nitrogen and oxygen atoms in total. The molecule has 1 aliphatic heterocycles. The molecular formula is C18H22N4O2. The first-order valence-electron chi connectivity index (χ1n) is 8.19. The number of nitrogens with one attached hydrogen (secondary N) is 1. The molecule has 1 saturated heterocycles. The zero-order valence-corrected chi connectivity index (χ0v) is 14.0. The van der Waals surface area contributed by atoms with Crippen LogP contribution in [0.4, 0.5) is 0 Å². The van der Waals surface area contributed by atoms with Crippen molar-refractivity contribution < 1.29 is 4.79 Å². The summed E-state index contributed by atoms with van der Waals surface area (Å²) in [5, 5.41) is 7.01. The van der Waals surface area contributed by atoms with E-state index in [1.807, 2.05) is 26.0 Å². The lowest BCUT2D eigenvalue weighted by Crippen LogP contribution is -2.31. The number of carbonyl (C=O) groups is 1. The highest BCUT2D eigenvalue weighted by Gasteiger charge is 2.29. The molecule has 6 heteroatoms. The van der Waals surface area contributed by atoms with Gasteiger partial charge in [-0.3, -0.25) is 14.7 Å². The van der Waals surface area contributed by atoms with Crippen LogP contribution in [0.1, 0.15) is 54.0 Å². The zero-order chi connectivity index (χ0) is 17.3. The monoisotopic (exact) mass is 326 g/mol. The number of rotatable bonds is 4. The summed E-state index contributed by atoms with van der Waals surface area (Å²) in [7, 11) is 0. The molecule has 1 aliphatic rings. The number of carbonyl (C=O) groups excluding carboxylic acids is 1. The molecule has 24 heavy (non-hydrogen) atoms. The Hall–Kier alpha value is -2.63. The first-order chi connectivity index (χ1) is 11.5. The Kier molecular flexibility index (Phi) is 4.38. The van der Waals surface area contributed by atoms with E-state index in [2.05, 4.69) is 16.8 Å². The Balaban J connectivity index is 1.76. The van der Waals surface area contributed by atoms with Gasteiger partial charge in [-0.05, 0) is 30.5 Å². The van der Waals surface area contributed by atoms with Gasteiger partial charge in [0.1, 0.15) is 5.69 Å². The molecule has 1 amide bonds. The number of nitrogens with zero attached hydrogens (tertiary/aromatic N) is 3. The van der Waals surface area contributed by atoms with Gasteiger partial charge in [0, 0.05) is 24.8 Å². The lowest BCUT2D eigenvalue weighted by atomic mass is 10.1. The van der Waals surface area contributed by atoms with Crippen LogP contribution < -0.4 is 5.56 Å². The molecule has 0 bridgehead atoms. The fraction of sp³-hybridized carbons (Fsp3) is 0.389. The standard InChI is InChI=1S/C18H22N4O2/c1-4-13-6-5-8-22(17(13)23)14-7-9-21(11-14)18(24)16-10-15(12(2)3)19-20-16/h4-6,8,10,12,14H,1,7,9,11H2,2-3H3,(H,19,20). The van der Waals surface area contributed by atoms with Gasteiger partial charge in [0.2, 0.25) is 0 Å². The maximum atomic E-state index is 12.6. The van der Waals surface area contributed by atoms with Crippen molar-refractivity contribution in [2.24, 2.45) is 0 Å². The van der Waals surface area contributed by atoms with E-state index in [9.17, 15) is 9.59 Å². The van der Waals surface area contributed by atoms with E-state index in [1.54, 1.807) is 27.8 Å². The molecule has 0 saturated carbocycles. The van der Waals surface area contributed by atoms with Crippen molar-refractivity contribution in [3.05, 3.63) is 58.3 Å². The van der Waals surface area contributed by atoms with E-state index in [0.717, 1.165) is 12.1 Å². The first-order valence-corrected chi connectivity index (χ1v) is 8.19. The van der Waals surface area contributed by atoms with E-state index >= 15 is 0 Å². The lowest BCUT2D eigenvalue weighted by Gasteiger charge is -2.17. The maximum absolute atomic E-state index is 12.6. The highest BCUT2D eigenvalue weighted by atomic mass is 16.2.